The standard InChI is InChI=1S/C3HBrClN/c4-1-3(5)2-6/h1H. The molecule has 0 N–H and O–H groups in total. The van der Waals surface area contributed by atoms with Crippen LogP contribution in [0.4, 0.5) is 0 Å². The van der Waals surface area contributed by atoms with Crippen molar-refractivity contribution in [3.63, 3.8) is 0 Å². The van der Waals surface area contributed by atoms with Crippen LogP contribution in [0.25, 0.3) is 0 Å². The molecule has 0 heterocycles. The third kappa shape index (κ3) is 2.25. The maximum atomic E-state index is 7.85. The van der Waals surface area contributed by atoms with Crippen molar-refractivity contribution in [2.75, 3.05) is 0 Å². The maximum Gasteiger partial charge on any atom is 0.125 e. The second kappa shape index (κ2) is 3.20. The van der Waals surface area contributed by atoms with Gasteiger partial charge in [0.1, 0.15) is 11.1 Å². The minimum atomic E-state index is 0.162. The van der Waals surface area contributed by atoms with E-state index in [2.05, 4.69) is 15.9 Å². The SMILES string of the molecule is N#CC(Cl)=CBr. The Kier molecular flexibility index (Phi) is 3.20. The van der Waals surface area contributed by atoms with Crippen molar-refractivity contribution < 1.29 is 0 Å². The summed E-state index contributed by atoms with van der Waals surface area (Å²) in [5, 5.41) is 8.02. The monoisotopic (exact) mass is 165 g/mol. The smallest absolute Gasteiger partial charge is 0.125 e. The van der Waals surface area contributed by atoms with Gasteiger partial charge in [-0.3, -0.25) is 0 Å². The van der Waals surface area contributed by atoms with Crippen LogP contribution in [0, 0.1) is 11.3 Å². The number of rotatable bonds is 0. The van der Waals surface area contributed by atoms with Crippen LogP contribution in [-0.2, 0) is 0 Å². The zero-order valence-electron chi connectivity index (χ0n) is 2.78. The molecule has 0 fully saturated rings. The van der Waals surface area contributed by atoms with Gasteiger partial charge in [-0.2, -0.15) is 5.26 Å². The lowest BCUT2D eigenvalue weighted by Gasteiger charge is -1.65. The van der Waals surface area contributed by atoms with Crippen LogP contribution in [0.2, 0.25) is 0 Å². The summed E-state index contributed by atoms with van der Waals surface area (Å²) >= 11 is 7.96. The normalized spacial score (nSPS) is 10.5. The molecular weight excluding hydrogens is 165 g/mol. The lowest BCUT2D eigenvalue weighted by atomic mass is 10.7. The molecule has 0 aromatic rings. The number of halogens is 2. The predicted molar refractivity (Wildman–Crippen MR) is 28.5 cm³/mol. The summed E-state index contributed by atoms with van der Waals surface area (Å²) in [6.07, 6.45) is 0. The molecule has 0 aliphatic rings. The minimum Gasteiger partial charge on any atom is -0.191 e. The summed E-state index contributed by atoms with van der Waals surface area (Å²) in [5.74, 6) is 0. The van der Waals surface area contributed by atoms with Crippen molar-refractivity contribution >= 4 is 27.5 Å². The number of allylic oxidation sites excluding steroid dienone is 1. The van der Waals surface area contributed by atoms with E-state index in [0.29, 0.717) is 0 Å². The Morgan fingerprint density at radius 3 is 2.50 bits per heavy atom. The lowest BCUT2D eigenvalue weighted by Crippen LogP contribution is -1.49. The van der Waals surface area contributed by atoms with E-state index in [1.165, 1.54) is 4.99 Å². The highest BCUT2D eigenvalue weighted by Crippen LogP contribution is 1.99. The van der Waals surface area contributed by atoms with Crippen molar-refractivity contribution in [3.8, 4) is 6.07 Å². The molecule has 0 aliphatic heterocycles. The second-order valence-corrected chi connectivity index (χ2v) is 1.43. The van der Waals surface area contributed by atoms with Crippen LogP contribution in [0.3, 0.4) is 0 Å². The molecule has 0 radical (unpaired) electrons. The van der Waals surface area contributed by atoms with E-state index in [1.807, 2.05) is 0 Å². The molecule has 3 heteroatoms. The van der Waals surface area contributed by atoms with Gasteiger partial charge in [0.15, 0.2) is 0 Å². The summed E-state index contributed by atoms with van der Waals surface area (Å²) in [6, 6.07) is 1.69. The molecular formula is C3HBrClN. The zero-order chi connectivity index (χ0) is 4.99. The highest BCUT2D eigenvalue weighted by molar-refractivity contribution is 9.11. The molecule has 0 aliphatic carbocycles. The third-order valence-corrected chi connectivity index (χ3v) is 1.12. The number of nitrogens with zero attached hydrogens (tertiary/aromatic N) is 1. The van der Waals surface area contributed by atoms with Gasteiger partial charge in [-0.15, -0.1) is 0 Å². The molecule has 32 valence electrons. The average molecular weight is 166 g/mol. The van der Waals surface area contributed by atoms with Crippen molar-refractivity contribution in [1.29, 1.82) is 5.26 Å². The molecule has 0 spiro atoms. The van der Waals surface area contributed by atoms with Gasteiger partial charge in [0, 0.05) is 4.99 Å². The van der Waals surface area contributed by atoms with Gasteiger partial charge in [0.25, 0.3) is 0 Å². The first kappa shape index (κ1) is 6.00. The van der Waals surface area contributed by atoms with Crippen LogP contribution in [-0.4, -0.2) is 0 Å². The van der Waals surface area contributed by atoms with Crippen molar-refractivity contribution in [2.24, 2.45) is 0 Å². The average Bonchev–Trinajstić information content (AvgIpc) is 1.65. The van der Waals surface area contributed by atoms with E-state index in [-0.39, 0.29) is 5.03 Å². The molecule has 0 atom stereocenters. The number of hydrogen-bond donors (Lipinski definition) is 0. The van der Waals surface area contributed by atoms with Crippen molar-refractivity contribution in [1.82, 2.24) is 0 Å². The number of hydrogen-bond acceptors (Lipinski definition) is 1. The lowest BCUT2D eigenvalue weighted by molar-refractivity contribution is 1.53. The fourth-order valence-electron chi connectivity index (χ4n) is 0.0244. The molecule has 0 bridgehead atoms. The first-order valence-electron chi connectivity index (χ1n) is 1.17. The zero-order valence-corrected chi connectivity index (χ0v) is 5.12. The summed E-state index contributed by atoms with van der Waals surface area (Å²) in [7, 11) is 0. The fourth-order valence-corrected chi connectivity index (χ4v) is 0.127. The molecule has 0 unspecified atom stereocenters. The van der Waals surface area contributed by atoms with E-state index in [0.717, 1.165) is 0 Å². The molecule has 6 heavy (non-hydrogen) atoms. The fraction of sp³-hybridized carbons (Fsp3) is 0. The van der Waals surface area contributed by atoms with Crippen molar-refractivity contribution in [3.05, 3.63) is 10.0 Å². The molecule has 0 aromatic heterocycles. The van der Waals surface area contributed by atoms with Crippen LogP contribution in [0.5, 0.6) is 0 Å². The van der Waals surface area contributed by atoms with E-state index in [1.54, 1.807) is 6.07 Å². The summed E-state index contributed by atoms with van der Waals surface area (Å²) in [6.45, 7) is 0. The number of nitriles is 1. The topological polar surface area (TPSA) is 23.8 Å². The molecule has 1 nitrogen and oxygen atoms in total. The van der Waals surface area contributed by atoms with Crippen LogP contribution in [0.1, 0.15) is 0 Å². The Morgan fingerprint density at radius 1 is 2.00 bits per heavy atom. The molecule has 0 saturated carbocycles. The van der Waals surface area contributed by atoms with E-state index in [4.69, 9.17) is 16.9 Å². The Labute approximate surface area is 49.3 Å². The van der Waals surface area contributed by atoms with Crippen molar-refractivity contribution in [2.45, 2.75) is 0 Å². The molecule has 0 amide bonds. The highest BCUT2D eigenvalue weighted by Gasteiger charge is 1.76. The molecule has 0 aromatic carbocycles. The van der Waals surface area contributed by atoms with E-state index < -0.39 is 0 Å². The second-order valence-electron chi connectivity index (χ2n) is 0.569. The van der Waals surface area contributed by atoms with Gasteiger partial charge in [0.2, 0.25) is 0 Å². The van der Waals surface area contributed by atoms with Gasteiger partial charge >= 0.3 is 0 Å². The first-order chi connectivity index (χ1) is 2.81. The summed E-state index contributed by atoms with van der Waals surface area (Å²) in [4.78, 5) is 1.36. The largest absolute Gasteiger partial charge is 0.191 e. The minimum absolute atomic E-state index is 0.162. The third-order valence-electron chi connectivity index (χ3n) is 0.203. The maximum absolute atomic E-state index is 7.85. The van der Waals surface area contributed by atoms with E-state index >= 15 is 0 Å². The summed E-state index contributed by atoms with van der Waals surface area (Å²) < 4.78 is 0. The van der Waals surface area contributed by atoms with E-state index in [9.17, 15) is 0 Å². The Hall–Kier alpha value is -0.0000000000000000555. The van der Waals surface area contributed by atoms with Gasteiger partial charge in [0.05, 0.1) is 0 Å². The van der Waals surface area contributed by atoms with Crippen LogP contribution < -0.4 is 0 Å². The quantitative estimate of drug-likeness (QED) is 0.505. The van der Waals surface area contributed by atoms with Crippen LogP contribution >= 0.6 is 27.5 Å². The van der Waals surface area contributed by atoms with Gasteiger partial charge in [-0.25, -0.2) is 0 Å². The predicted octanol–water partition coefficient (Wildman–Crippen LogP) is 1.99. The van der Waals surface area contributed by atoms with Crippen LogP contribution in [0.15, 0.2) is 10.0 Å². The Bertz CT molecular complexity index is 102. The summed E-state index contributed by atoms with van der Waals surface area (Å²) in [5.41, 5.74) is 0. The Morgan fingerprint density at radius 2 is 2.50 bits per heavy atom. The molecule has 0 rings (SSSR count). The van der Waals surface area contributed by atoms with Gasteiger partial charge in [-0.1, -0.05) is 27.5 Å². The molecule has 0 saturated heterocycles. The first-order valence-corrected chi connectivity index (χ1v) is 2.46. The highest BCUT2D eigenvalue weighted by atomic mass is 79.9. The Balaban J connectivity index is 3.61. The van der Waals surface area contributed by atoms with Gasteiger partial charge < -0.3 is 0 Å². The van der Waals surface area contributed by atoms with Gasteiger partial charge in [-0.05, 0) is 0 Å².